The lowest BCUT2D eigenvalue weighted by Crippen LogP contribution is -2.29. The van der Waals surface area contributed by atoms with E-state index < -0.39 is 0 Å². The van der Waals surface area contributed by atoms with Crippen LogP contribution < -0.4 is 0 Å². The molecule has 3 heterocycles. The van der Waals surface area contributed by atoms with Crippen LogP contribution in [0, 0.1) is 0 Å². The molecule has 1 aliphatic heterocycles. The Morgan fingerprint density at radius 3 is 2.62 bits per heavy atom. The maximum atomic E-state index is 12.3. The summed E-state index contributed by atoms with van der Waals surface area (Å²) in [5.41, 5.74) is 0.995. The first-order valence-electron chi connectivity index (χ1n) is 9.04. The zero-order chi connectivity index (χ0) is 18.4. The monoisotopic (exact) mass is 374 g/mol. The minimum atomic E-state index is 0.195. The van der Waals surface area contributed by atoms with Crippen molar-refractivity contribution in [1.29, 1.82) is 0 Å². The summed E-state index contributed by atoms with van der Waals surface area (Å²) in [7, 11) is 4.14. The van der Waals surface area contributed by atoms with Crippen molar-refractivity contribution in [2.75, 3.05) is 39.5 Å². The van der Waals surface area contributed by atoms with E-state index in [0.717, 1.165) is 62.0 Å². The first kappa shape index (κ1) is 18.8. The van der Waals surface area contributed by atoms with Crippen molar-refractivity contribution in [3.8, 4) is 11.4 Å². The molecule has 7 nitrogen and oxygen atoms in total. The Morgan fingerprint density at radius 1 is 1.19 bits per heavy atom. The molecule has 1 amide bonds. The van der Waals surface area contributed by atoms with Crippen LogP contribution in [0.5, 0.6) is 0 Å². The zero-order valence-corrected chi connectivity index (χ0v) is 16.3. The number of aromatic nitrogens is 4. The highest BCUT2D eigenvalue weighted by molar-refractivity contribution is 7.99. The van der Waals surface area contributed by atoms with E-state index in [2.05, 4.69) is 38.7 Å². The average Bonchev–Trinajstić information content (AvgIpc) is 3.30. The van der Waals surface area contributed by atoms with Crippen LogP contribution in [0.25, 0.3) is 11.4 Å². The van der Waals surface area contributed by atoms with Crippen molar-refractivity contribution in [3.05, 3.63) is 24.5 Å². The van der Waals surface area contributed by atoms with Crippen LogP contribution >= 0.6 is 11.8 Å². The largest absolute Gasteiger partial charge is 0.342 e. The highest BCUT2D eigenvalue weighted by Gasteiger charge is 2.20. The third-order valence-electron chi connectivity index (χ3n) is 4.43. The molecule has 0 aromatic carbocycles. The lowest BCUT2D eigenvalue weighted by atomic mass is 10.2. The Morgan fingerprint density at radius 2 is 1.92 bits per heavy atom. The fourth-order valence-electron chi connectivity index (χ4n) is 3.04. The Kier molecular flexibility index (Phi) is 6.62. The van der Waals surface area contributed by atoms with Gasteiger partial charge in [-0.25, -0.2) is 0 Å². The van der Waals surface area contributed by atoms with Crippen LogP contribution in [0.2, 0.25) is 0 Å². The van der Waals surface area contributed by atoms with Gasteiger partial charge in [0.15, 0.2) is 11.0 Å². The number of nitrogens with zero attached hydrogens (tertiary/aromatic N) is 6. The summed E-state index contributed by atoms with van der Waals surface area (Å²) >= 11 is 1.49. The molecule has 2 aromatic heterocycles. The maximum Gasteiger partial charge on any atom is 0.233 e. The molecular weight excluding hydrogens is 348 g/mol. The molecule has 0 saturated carbocycles. The number of amides is 1. The van der Waals surface area contributed by atoms with Gasteiger partial charge in [-0.05, 0) is 52.0 Å². The predicted octanol–water partition coefficient (Wildman–Crippen LogP) is 2.01. The van der Waals surface area contributed by atoms with E-state index in [9.17, 15) is 4.79 Å². The Hall–Kier alpha value is -1.93. The van der Waals surface area contributed by atoms with Crippen molar-refractivity contribution in [2.45, 2.75) is 31.0 Å². The highest BCUT2D eigenvalue weighted by Crippen LogP contribution is 2.24. The number of hydrogen-bond donors (Lipinski definition) is 0. The van der Waals surface area contributed by atoms with Gasteiger partial charge in [0.2, 0.25) is 5.91 Å². The van der Waals surface area contributed by atoms with E-state index in [4.69, 9.17) is 0 Å². The predicted molar refractivity (Wildman–Crippen MR) is 103 cm³/mol. The first-order valence-corrected chi connectivity index (χ1v) is 10.0. The molecule has 0 spiro atoms. The molecule has 3 rings (SSSR count). The van der Waals surface area contributed by atoms with Crippen molar-refractivity contribution in [1.82, 2.24) is 29.5 Å². The minimum absolute atomic E-state index is 0.195. The number of carbonyl (C=O) groups is 1. The number of rotatable bonds is 8. The summed E-state index contributed by atoms with van der Waals surface area (Å²) in [6.45, 7) is 3.59. The minimum Gasteiger partial charge on any atom is -0.342 e. The van der Waals surface area contributed by atoms with Crippen molar-refractivity contribution in [2.24, 2.45) is 0 Å². The molecule has 0 N–H and O–H groups in total. The fraction of sp³-hybridized carbons (Fsp3) is 0.556. The number of pyridine rings is 1. The van der Waals surface area contributed by atoms with Gasteiger partial charge in [-0.15, -0.1) is 10.2 Å². The van der Waals surface area contributed by atoms with E-state index in [1.807, 2.05) is 17.0 Å². The summed E-state index contributed by atoms with van der Waals surface area (Å²) in [6.07, 6.45) is 6.75. The zero-order valence-electron chi connectivity index (χ0n) is 15.5. The summed E-state index contributed by atoms with van der Waals surface area (Å²) < 4.78 is 2.13. The van der Waals surface area contributed by atoms with Gasteiger partial charge < -0.3 is 14.4 Å². The molecule has 1 aliphatic rings. The molecule has 0 aliphatic carbocycles. The lowest BCUT2D eigenvalue weighted by molar-refractivity contribution is -0.127. The van der Waals surface area contributed by atoms with Crippen LogP contribution in [0.4, 0.5) is 0 Å². The topological polar surface area (TPSA) is 67.2 Å². The van der Waals surface area contributed by atoms with Crippen molar-refractivity contribution < 1.29 is 4.79 Å². The molecule has 0 bridgehead atoms. The quantitative estimate of drug-likeness (QED) is 0.659. The summed E-state index contributed by atoms with van der Waals surface area (Å²) in [5.74, 6) is 1.45. The van der Waals surface area contributed by atoms with Gasteiger partial charge in [0.25, 0.3) is 0 Å². The van der Waals surface area contributed by atoms with Crippen LogP contribution in [0.15, 0.2) is 29.7 Å². The van der Waals surface area contributed by atoms with Gasteiger partial charge in [0, 0.05) is 37.6 Å². The maximum absolute atomic E-state index is 12.3. The second kappa shape index (κ2) is 9.14. The van der Waals surface area contributed by atoms with E-state index in [0.29, 0.717) is 5.75 Å². The number of carbonyl (C=O) groups excluding carboxylic acids is 1. The van der Waals surface area contributed by atoms with E-state index >= 15 is 0 Å². The molecule has 0 unspecified atom stereocenters. The SMILES string of the molecule is CN(C)CCCn1c(SCC(=O)N2CCCC2)nnc1-c1ccncc1. The standard InChI is InChI=1S/C18H26N6OS/c1-22(2)10-5-13-24-17(15-6-8-19-9-7-15)20-21-18(24)26-14-16(25)23-11-3-4-12-23/h6-9H,3-5,10-14H2,1-2H3. The number of thioether (sulfide) groups is 1. The molecule has 0 radical (unpaired) electrons. The highest BCUT2D eigenvalue weighted by atomic mass is 32.2. The smallest absolute Gasteiger partial charge is 0.233 e. The molecule has 2 aromatic rings. The summed E-state index contributed by atoms with van der Waals surface area (Å²) in [5, 5.41) is 9.55. The fourth-order valence-corrected chi connectivity index (χ4v) is 3.91. The van der Waals surface area contributed by atoms with Gasteiger partial charge in [-0.3, -0.25) is 9.78 Å². The van der Waals surface area contributed by atoms with Crippen LogP contribution in [0.1, 0.15) is 19.3 Å². The molecular formula is C18H26N6OS. The number of likely N-dealkylation sites (tertiary alicyclic amines) is 1. The number of hydrogen-bond acceptors (Lipinski definition) is 6. The van der Waals surface area contributed by atoms with Gasteiger partial charge >= 0.3 is 0 Å². The first-order chi connectivity index (χ1) is 12.6. The van der Waals surface area contributed by atoms with Gasteiger partial charge in [0.1, 0.15) is 0 Å². The van der Waals surface area contributed by atoms with E-state index in [1.165, 1.54) is 11.8 Å². The second-order valence-electron chi connectivity index (χ2n) is 6.73. The normalized spacial score (nSPS) is 14.3. The molecule has 140 valence electrons. The van der Waals surface area contributed by atoms with Crippen molar-refractivity contribution in [3.63, 3.8) is 0 Å². The van der Waals surface area contributed by atoms with Gasteiger partial charge in [-0.2, -0.15) is 0 Å². The Balaban J connectivity index is 1.73. The Bertz CT molecular complexity index is 712. The Labute approximate surface area is 158 Å². The van der Waals surface area contributed by atoms with Crippen molar-refractivity contribution >= 4 is 17.7 Å². The second-order valence-corrected chi connectivity index (χ2v) is 7.67. The molecule has 1 saturated heterocycles. The third kappa shape index (κ3) is 4.82. The lowest BCUT2D eigenvalue weighted by Gasteiger charge is -2.15. The summed E-state index contributed by atoms with van der Waals surface area (Å²) in [4.78, 5) is 20.5. The third-order valence-corrected chi connectivity index (χ3v) is 5.38. The molecule has 8 heteroatoms. The van der Waals surface area contributed by atoms with Gasteiger partial charge in [0.05, 0.1) is 5.75 Å². The molecule has 26 heavy (non-hydrogen) atoms. The van der Waals surface area contributed by atoms with E-state index in [-0.39, 0.29) is 5.91 Å². The molecule has 1 fully saturated rings. The van der Waals surface area contributed by atoms with Gasteiger partial charge in [-0.1, -0.05) is 11.8 Å². The van der Waals surface area contributed by atoms with Crippen LogP contribution in [-0.4, -0.2) is 74.9 Å². The van der Waals surface area contributed by atoms with Crippen LogP contribution in [-0.2, 0) is 11.3 Å². The van der Waals surface area contributed by atoms with Crippen LogP contribution in [0.3, 0.4) is 0 Å². The molecule has 0 atom stereocenters. The van der Waals surface area contributed by atoms with E-state index in [1.54, 1.807) is 12.4 Å². The summed E-state index contributed by atoms with van der Waals surface area (Å²) in [6, 6.07) is 3.88. The average molecular weight is 375 g/mol.